The van der Waals surface area contributed by atoms with Gasteiger partial charge in [-0.3, -0.25) is 0 Å². The highest BCUT2D eigenvalue weighted by Gasteiger charge is 2.97. The number of hydrogen-bond acceptors (Lipinski definition) is 0. The minimum Gasteiger partial charge on any atom is -0.216 e. The Morgan fingerprint density at radius 3 is 0.909 bits per heavy atom. The summed E-state index contributed by atoms with van der Waals surface area (Å²) >= 11 is -6.09. The molecule has 0 atom stereocenters. The topological polar surface area (TPSA) is 0 Å². The normalized spacial score (nSPS) is 16.4. The van der Waals surface area contributed by atoms with Gasteiger partial charge in [-0.25, -0.2) is 4.39 Å². The molecule has 0 heterocycles. The Morgan fingerprint density at radius 2 is 0.727 bits per heavy atom. The molecule has 0 fully saturated rings. The third-order valence-electron chi connectivity index (χ3n) is 2.17. The molecule has 0 amide bonds. The summed E-state index contributed by atoms with van der Waals surface area (Å²) in [6, 6.07) is 0. The third kappa shape index (κ3) is 2.55. The molecule has 0 aromatic carbocycles. The Morgan fingerprint density at radius 1 is 0.455 bits per heavy atom. The average Bonchev–Trinajstić information content (AvgIpc) is 2.23. The van der Waals surface area contributed by atoms with E-state index in [9.17, 15) is 64.8 Å². The molecule has 22 heavy (non-hydrogen) atoms. The van der Waals surface area contributed by atoms with E-state index >= 15 is 0 Å². The Labute approximate surface area is 113 Å². The van der Waals surface area contributed by atoms with Crippen molar-refractivity contribution in [2.75, 3.05) is 0 Å². The van der Waals surface area contributed by atoms with Crippen molar-refractivity contribution >= 4 is 11.7 Å². The Bertz CT molecular complexity index is 387. The van der Waals surface area contributed by atoms with E-state index in [-0.39, 0.29) is 0 Å². The van der Waals surface area contributed by atoms with Gasteiger partial charge in [-0.15, -0.1) is 8.78 Å². The zero-order valence-corrected chi connectivity index (χ0v) is 9.89. The monoisotopic (exact) mass is 389 g/mol. The van der Waals surface area contributed by atoms with Gasteiger partial charge in [-0.05, 0) is 0 Å². The zero-order chi connectivity index (χ0) is 18.6. The van der Waals surface area contributed by atoms with Crippen LogP contribution in [0.5, 0.6) is 0 Å². The van der Waals surface area contributed by atoms with Crippen LogP contribution in [0.25, 0.3) is 0 Å². The van der Waals surface area contributed by atoms with E-state index in [4.69, 9.17) is 0 Å². The van der Waals surface area contributed by atoms with Crippen LogP contribution in [0.4, 0.5) is 64.8 Å². The lowest BCUT2D eigenvalue weighted by atomic mass is 9.90. The maximum atomic E-state index is 12.8. The summed E-state index contributed by atoms with van der Waals surface area (Å²) in [6.45, 7) is 0. The quantitative estimate of drug-likeness (QED) is 0.465. The van der Waals surface area contributed by atoms with E-state index < -0.39 is 46.8 Å². The SMILES string of the molecule is F[S+](F)C(F)(F)C(F)(F)C(F)(F)C(F)(C(F)(F)F)C(F)(F)F. The molecule has 0 aliphatic rings. The van der Waals surface area contributed by atoms with Gasteiger partial charge < -0.3 is 0 Å². The van der Waals surface area contributed by atoms with Crippen LogP contribution in [0.3, 0.4) is 0 Å². The van der Waals surface area contributed by atoms with Gasteiger partial charge in [0.25, 0.3) is 0 Å². The molecule has 134 valence electrons. The van der Waals surface area contributed by atoms with Crippen molar-refractivity contribution in [1.29, 1.82) is 0 Å². The van der Waals surface area contributed by atoms with Crippen molar-refractivity contribution in [3.8, 4) is 0 Å². The molecular formula is C6F15S+. The summed E-state index contributed by atoms with van der Waals surface area (Å²) in [7, 11) is 0. The molecule has 0 aromatic rings. The van der Waals surface area contributed by atoms with Gasteiger partial charge in [0, 0.05) is 0 Å². The van der Waals surface area contributed by atoms with Gasteiger partial charge in [0.05, 0.1) is 7.77 Å². The van der Waals surface area contributed by atoms with Crippen molar-refractivity contribution in [3.05, 3.63) is 0 Å². The Kier molecular flexibility index (Phi) is 4.99. The fourth-order valence-corrected chi connectivity index (χ4v) is 1.33. The van der Waals surface area contributed by atoms with Crippen molar-refractivity contribution in [1.82, 2.24) is 0 Å². The second-order valence-electron chi connectivity index (χ2n) is 3.53. The van der Waals surface area contributed by atoms with E-state index in [1.165, 1.54) is 0 Å². The van der Waals surface area contributed by atoms with Crippen molar-refractivity contribution in [2.45, 2.75) is 35.1 Å². The maximum Gasteiger partial charge on any atom is 0.559 e. The molecule has 0 aliphatic heterocycles. The summed E-state index contributed by atoms with van der Waals surface area (Å²) in [5.74, 6) is -16.3. The van der Waals surface area contributed by atoms with Crippen LogP contribution in [-0.4, -0.2) is 35.1 Å². The minimum absolute atomic E-state index is 6.09. The number of alkyl halides is 13. The van der Waals surface area contributed by atoms with Crippen LogP contribution in [0.2, 0.25) is 0 Å². The summed E-state index contributed by atoms with van der Waals surface area (Å²) in [4.78, 5) is 0. The third-order valence-corrected chi connectivity index (χ3v) is 2.81. The molecule has 0 saturated carbocycles. The molecule has 16 heteroatoms. The summed E-state index contributed by atoms with van der Waals surface area (Å²) < 4.78 is 182. The molecule has 0 spiro atoms. The lowest BCUT2D eigenvalue weighted by molar-refractivity contribution is -0.438. The van der Waals surface area contributed by atoms with E-state index in [1.807, 2.05) is 0 Å². The van der Waals surface area contributed by atoms with Gasteiger partial charge in [-0.2, -0.15) is 43.9 Å². The van der Waals surface area contributed by atoms with Crippen LogP contribution in [0.15, 0.2) is 0 Å². The smallest absolute Gasteiger partial charge is 0.216 e. The first kappa shape index (κ1) is 21.3. The van der Waals surface area contributed by atoms with Crippen LogP contribution in [0, 0.1) is 0 Å². The van der Waals surface area contributed by atoms with Crippen LogP contribution in [-0.2, 0) is 11.7 Å². The van der Waals surface area contributed by atoms with E-state index in [2.05, 4.69) is 0 Å². The molecule has 0 N–H and O–H groups in total. The first-order chi connectivity index (χ1) is 9.19. The number of hydrogen-bond donors (Lipinski definition) is 0. The predicted molar refractivity (Wildman–Crippen MR) is 40.4 cm³/mol. The molecule has 0 aromatic heterocycles. The van der Waals surface area contributed by atoms with Gasteiger partial charge in [0.15, 0.2) is 0 Å². The molecule has 0 unspecified atom stereocenters. The molecule has 0 nitrogen and oxygen atoms in total. The lowest BCUT2D eigenvalue weighted by Gasteiger charge is -2.39. The molecular weight excluding hydrogens is 389 g/mol. The van der Waals surface area contributed by atoms with Gasteiger partial charge in [0.2, 0.25) is 0 Å². The first-order valence-electron chi connectivity index (χ1n) is 4.22. The number of halogens is 15. The van der Waals surface area contributed by atoms with E-state index in [0.29, 0.717) is 0 Å². The molecule has 0 aliphatic carbocycles. The highest BCUT2D eigenvalue weighted by atomic mass is 32.3. The maximum absolute atomic E-state index is 12.8. The Balaban J connectivity index is 6.52. The largest absolute Gasteiger partial charge is 0.559 e. The molecule has 0 rings (SSSR count). The van der Waals surface area contributed by atoms with Crippen LogP contribution < -0.4 is 0 Å². The lowest BCUT2D eigenvalue weighted by Crippen LogP contribution is -2.73. The molecule has 0 bridgehead atoms. The average molecular weight is 389 g/mol. The summed E-state index contributed by atoms with van der Waals surface area (Å²) in [6.07, 6.45) is -15.7. The highest BCUT2D eigenvalue weighted by molar-refractivity contribution is 7.88. The van der Waals surface area contributed by atoms with Gasteiger partial charge in [0.1, 0.15) is 0 Å². The summed E-state index contributed by atoms with van der Waals surface area (Å²) in [5, 5.41) is -7.36. The van der Waals surface area contributed by atoms with Crippen molar-refractivity contribution < 1.29 is 64.8 Å². The zero-order valence-electron chi connectivity index (χ0n) is 9.08. The van der Waals surface area contributed by atoms with Crippen molar-refractivity contribution in [3.63, 3.8) is 0 Å². The van der Waals surface area contributed by atoms with Gasteiger partial charge >= 0.3 is 46.8 Å². The minimum atomic E-state index is -8.29. The second kappa shape index (κ2) is 5.15. The standard InChI is InChI=1S/C6F15S/c7-1(4(12,13)14,5(15,16)17)2(8,9)3(10,11)6(18,19)22(20)21/q+1. The second-order valence-corrected chi connectivity index (χ2v) is 4.47. The van der Waals surface area contributed by atoms with E-state index in [1.54, 1.807) is 0 Å². The number of rotatable bonds is 4. The fourth-order valence-electron chi connectivity index (χ4n) is 1.01. The Hall–Kier alpha value is -0.700. The molecule has 0 saturated heterocycles. The van der Waals surface area contributed by atoms with Crippen LogP contribution in [0.1, 0.15) is 0 Å². The van der Waals surface area contributed by atoms with Crippen molar-refractivity contribution in [2.24, 2.45) is 0 Å². The fraction of sp³-hybridized carbons (Fsp3) is 1.00. The molecule has 0 radical (unpaired) electrons. The van der Waals surface area contributed by atoms with Crippen LogP contribution >= 0.6 is 0 Å². The van der Waals surface area contributed by atoms with Gasteiger partial charge in [-0.1, -0.05) is 0 Å². The summed E-state index contributed by atoms with van der Waals surface area (Å²) in [5.41, 5.74) is -8.20. The van der Waals surface area contributed by atoms with E-state index in [0.717, 1.165) is 0 Å². The predicted octanol–water partition coefficient (Wildman–Crippen LogP) is 5.07. The first-order valence-corrected chi connectivity index (χ1v) is 5.24. The highest BCUT2D eigenvalue weighted by Crippen LogP contribution is 2.62.